The van der Waals surface area contributed by atoms with Crippen LogP contribution in [0.5, 0.6) is 0 Å². The van der Waals surface area contributed by atoms with E-state index in [1.54, 1.807) is 23.5 Å². The average Bonchev–Trinajstić information content (AvgIpc) is 2.82. The van der Waals surface area contributed by atoms with E-state index in [0.717, 1.165) is 11.3 Å². The minimum absolute atomic E-state index is 0.233. The molecule has 1 aromatic carbocycles. The number of hydrogen-bond acceptors (Lipinski definition) is 5. The fourth-order valence-corrected chi connectivity index (χ4v) is 3.41. The number of aromatic nitrogens is 1. The van der Waals surface area contributed by atoms with Crippen LogP contribution in [-0.2, 0) is 16.4 Å². The van der Waals surface area contributed by atoms with Gasteiger partial charge in [0.05, 0.1) is 16.1 Å². The van der Waals surface area contributed by atoms with Crippen LogP contribution in [0.3, 0.4) is 0 Å². The number of rotatable bonds is 5. The fourth-order valence-electron chi connectivity index (χ4n) is 1.94. The SMILES string of the molecule is Cc1ncsc1C(C)NCc1ccc(S(C)(=O)=O)cc1. The molecule has 1 aromatic heterocycles. The number of sulfone groups is 1. The Morgan fingerprint density at radius 3 is 2.45 bits per heavy atom. The molecule has 2 rings (SSSR count). The number of nitrogens with zero attached hydrogens (tertiary/aromatic N) is 1. The van der Waals surface area contributed by atoms with Crippen molar-refractivity contribution in [2.75, 3.05) is 6.26 Å². The van der Waals surface area contributed by atoms with Gasteiger partial charge in [0, 0.05) is 23.7 Å². The largest absolute Gasteiger partial charge is 0.305 e. The zero-order chi connectivity index (χ0) is 14.8. The fraction of sp³-hybridized carbons (Fsp3) is 0.357. The van der Waals surface area contributed by atoms with Gasteiger partial charge in [0.2, 0.25) is 0 Å². The predicted molar refractivity (Wildman–Crippen MR) is 81.7 cm³/mol. The number of nitrogens with one attached hydrogen (secondary N) is 1. The molecule has 0 aliphatic carbocycles. The minimum atomic E-state index is -3.12. The van der Waals surface area contributed by atoms with Crippen molar-refractivity contribution < 1.29 is 8.42 Å². The molecule has 4 nitrogen and oxygen atoms in total. The van der Waals surface area contributed by atoms with Crippen molar-refractivity contribution in [1.29, 1.82) is 0 Å². The lowest BCUT2D eigenvalue weighted by Gasteiger charge is -2.13. The summed E-state index contributed by atoms with van der Waals surface area (Å²) in [5.74, 6) is 0. The predicted octanol–water partition coefficient (Wildman–Crippen LogP) is 2.71. The van der Waals surface area contributed by atoms with E-state index >= 15 is 0 Å². The summed E-state index contributed by atoms with van der Waals surface area (Å²) in [6.45, 7) is 4.80. The lowest BCUT2D eigenvalue weighted by molar-refractivity contribution is 0.579. The van der Waals surface area contributed by atoms with Gasteiger partial charge in [-0.25, -0.2) is 13.4 Å². The maximum Gasteiger partial charge on any atom is 0.175 e. The lowest BCUT2D eigenvalue weighted by atomic mass is 10.2. The Morgan fingerprint density at radius 2 is 1.95 bits per heavy atom. The van der Waals surface area contributed by atoms with E-state index in [4.69, 9.17) is 0 Å². The van der Waals surface area contributed by atoms with Crippen molar-refractivity contribution in [2.45, 2.75) is 31.3 Å². The third kappa shape index (κ3) is 3.65. The minimum Gasteiger partial charge on any atom is -0.305 e. The van der Waals surface area contributed by atoms with E-state index in [1.165, 1.54) is 11.1 Å². The third-order valence-electron chi connectivity index (χ3n) is 3.14. The van der Waals surface area contributed by atoms with Crippen LogP contribution in [0.25, 0.3) is 0 Å². The van der Waals surface area contributed by atoms with Crippen molar-refractivity contribution in [3.8, 4) is 0 Å². The highest BCUT2D eigenvalue weighted by Gasteiger charge is 2.11. The maximum absolute atomic E-state index is 11.4. The summed E-state index contributed by atoms with van der Waals surface area (Å²) < 4.78 is 22.8. The van der Waals surface area contributed by atoms with Gasteiger partial charge < -0.3 is 5.32 Å². The first-order chi connectivity index (χ1) is 9.38. The monoisotopic (exact) mass is 310 g/mol. The smallest absolute Gasteiger partial charge is 0.175 e. The first-order valence-electron chi connectivity index (χ1n) is 6.30. The Hall–Kier alpha value is -1.24. The molecule has 20 heavy (non-hydrogen) atoms. The highest BCUT2D eigenvalue weighted by atomic mass is 32.2. The molecular weight excluding hydrogens is 292 g/mol. The van der Waals surface area contributed by atoms with Crippen LogP contribution in [0.15, 0.2) is 34.7 Å². The molecule has 1 unspecified atom stereocenters. The Labute approximate surface area is 123 Å². The molecule has 1 N–H and O–H groups in total. The Morgan fingerprint density at radius 1 is 1.30 bits per heavy atom. The number of aryl methyl sites for hydroxylation is 1. The van der Waals surface area contributed by atoms with Crippen LogP contribution >= 0.6 is 11.3 Å². The first-order valence-corrected chi connectivity index (χ1v) is 9.07. The summed E-state index contributed by atoms with van der Waals surface area (Å²) in [5.41, 5.74) is 3.97. The quantitative estimate of drug-likeness (QED) is 0.922. The summed E-state index contributed by atoms with van der Waals surface area (Å²) in [4.78, 5) is 5.83. The van der Waals surface area contributed by atoms with Crippen molar-refractivity contribution in [3.63, 3.8) is 0 Å². The van der Waals surface area contributed by atoms with Crippen molar-refractivity contribution in [2.24, 2.45) is 0 Å². The second kappa shape index (κ2) is 6.03. The second-order valence-corrected chi connectivity index (χ2v) is 7.72. The molecule has 0 fully saturated rings. The second-order valence-electron chi connectivity index (χ2n) is 4.82. The molecule has 2 aromatic rings. The summed E-state index contributed by atoms with van der Waals surface area (Å²) in [5, 5.41) is 3.42. The van der Waals surface area contributed by atoms with Crippen LogP contribution in [0, 0.1) is 6.92 Å². The highest BCUT2D eigenvalue weighted by molar-refractivity contribution is 7.90. The van der Waals surface area contributed by atoms with Crippen LogP contribution < -0.4 is 5.32 Å². The van der Waals surface area contributed by atoms with Crippen molar-refractivity contribution in [1.82, 2.24) is 10.3 Å². The molecule has 1 heterocycles. The summed E-state index contributed by atoms with van der Waals surface area (Å²) in [6.07, 6.45) is 1.22. The Bertz CT molecular complexity index is 675. The zero-order valence-electron chi connectivity index (χ0n) is 11.8. The number of benzene rings is 1. The van der Waals surface area contributed by atoms with Crippen LogP contribution in [0.1, 0.15) is 29.1 Å². The first kappa shape index (κ1) is 15.2. The van der Waals surface area contributed by atoms with Crippen LogP contribution in [-0.4, -0.2) is 19.7 Å². The van der Waals surface area contributed by atoms with Gasteiger partial charge in [-0.3, -0.25) is 0 Å². The number of thiazole rings is 1. The standard InChI is InChI=1S/C14H18N2O2S2/c1-10(14-11(2)16-9-19-14)15-8-12-4-6-13(7-5-12)20(3,17)18/h4-7,9-10,15H,8H2,1-3H3. The molecule has 0 aliphatic rings. The zero-order valence-corrected chi connectivity index (χ0v) is 13.4. The van der Waals surface area contributed by atoms with Gasteiger partial charge >= 0.3 is 0 Å². The highest BCUT2D eigenvalue weighted by Crippen LogP contribution is 2.21. The molecule has 0 spiro atoms. The normalized spacial score (nSPS) is 13.3. The van der Waals surface area contributed by atoms with Gasteiger partial charge in [-0.1, -0.05) is 12.1 Å². The molecule has 108 valence electrons. The van der Waals surface area contributed by atoms with Gasteiger partial charge in [-0.15, -0.1) is 11.3 Å². The molecule has 0 radical (unpaired) electrons. The van der Waals surface area contributed by atoms with E-state index in [9.17, 15) is 8.42 Å². The van der Waals surface area contributed by atoms with Crippen molar-refractivity contribution in [3.05, 3.63) is 45.9 Å². The van der Waals surface area contributed by atoms with E-state index < -0.39 is 9.84 Å². The van der Waals surface area contributed by atoms with Gasteiger partial charge in [0.25, 0.3) is 0 Å². The van der Waals surface area contributed by atoms with E-state index in [-0.39, 0.29) is 6.04 Å². The summed E-state index contributed by atoms with van der Waals surface area (Å²) >= 11 is 1.65. The van der Waals surface area contributed by atoms with Gasteiger partial charge in [0.15, 0.2) is 9.84 Å². The van der Waals surface area contributed by atoms with Gasteiger partial charge in [0.1, 0.15) is 0 Å². The Balaban J connectivity index is 2.00. The van der Waals surface area contributed by atoms with E-state index in [0.29, 0.717) is 11.4 Å². The van der Waals surface area contributed by atoms with Gasteiger partial charge in [-0.05, 0) is 31.5 Å². The lowest BCUT2D eigenvalue weighted by Crippen LogP contribution is -2.17. The van der Waals surface area contributed by atoms with Crippen LogP contribution in [0.4, 0.5) is 0 Å². The maximum atomic E-state index is 11.4. The molecular formula is C14H18N2O2S2. The topological polar surface area (TPSA) is 59.1 Å². The summed E-state index contributed by atoms with van der Waals surface area (Å²) in [6, 6.07) is 7.21. The van der Waals surface area contributed by atoms with E-state index in [1.807, 2.05) is 24.6 Å². The third-order valence-corrected chi connectivity index (χ3v) is 5.38. The van der Waals surface area contributed by atoms with E-state index in [2.05, 4.69) is 17.2 Å². The summed E-state index contributed by atoms with van der Waals surface area (Å²) in [7, 11) is -3.12. The van der Waals surface area contributed by atoms with Crippen molar-refractivity contribution >= 4 is 21.2 Å². The molecule has 0 amide bonds. The molecule has 0 saturated carbocycles. The van der Waals surface area contributed by atoms with Gasteiger partial charge in [-0.2, -0.15) is 0 Å². The Kier molecular flexibility index (Phi) is 4.57. The average molecular weight is 310 g/mol. The molecule has 0 bridgehead atoms. The molecule has 0 aliphatic heterocycles. The molecule has 0 saturated heterocycles. The van der Waals surface area contributed by atoms with Crippen LogP contribution in [0.2, 0.25) is 0 Å². The molecule has 6 heteroatoms. The molecule has 1 atom stereocenters. The number of hydrogen-bond donors (Lipinski definition) is 1.